The zero-order valence-corrected chi connectivity index (χ0v) is 28.0. The molecule has 3 heterocycles. The van der Waals surface area contributed by atoms with Gasteiger partial charge in [0.2, 0.25) is 0 Å². The highest BCUT2D eigenvalue weighted by atomic mass is 32.2. The first kappa shape index (κ1) is 36.1. The highest BCUT2D eigenvalue weighted by Crippen LogP contribution is 2.31. The van der Waals surface area contributed by atoms with E-state index in [0.29, 0.717) is 0 Å². The predicted molar refractivity (Wildman–Crippen MR) is 191 cm³/mol. The van der Waals surface area contributed by atoms with Crippen molar-refractivity contribution < 1.29 is 23.9 Å². The Hall–Kier alpha value is -5.71. The molecule has 250 valence electrons. The standard InChI is InChI=1S/C30H23N5O.C7H8O3S.2H2O/c1-30(2,18-31)22-9-11-23(12-10-22)35-28-24-15-19(21-14-20-6-4-5-7-25(20)32-16-21)8-13-26(24)33-17-27(28)34(3)29(35)36;1-6-2-4-7(5-3-6)11(8,9)10;;/h4-17H,1-3H3;2-5H,1H3,(H,8,9,10);2*1H2. The number of para-hydroxylation sites is 1. The van der Waals surface area contributed by atoms with E-state index >= 15 is 0 Å². The topological polar surface area (TPSA) is 194 Å². The molecule has 0 unspecified atom stereocenters. The number of benzene rings is 4. The van der Waals surface area contributed by atoms with Gasteiger partial charge in [-0.1, -0.05) is 54.1 Å². The summed E-state index contributed by atoms with van der Waals surface area (Å²) in [5.41, 5.74) is 7.16. The van der Waals surface area contributed by atoms with Crippen LogP contribution in [-0.2, 0) is 22.6 Å². The molecule has 0 fully saturated rings. The zero-order valence-electron chi connectivity index (χ0n) is 27.2. The third-order valence-corrected chi connectivity index (χ3v) is 9.12. The second-order valence-electron chi connectivity index (χ2n) is 11.9. The van der Waals surface area contributed by atoms with Gasteiger partial charge in [-0.3, -0.25) is 23.7 Å². The van der Waals surface area contributed by atoms with Crippen molar-refractivity contribution in [3.63, 3.8) is 0 Å². The Labute approximate surface area is 282 Å². The first-order valence-electron chi connectivity index (χ1n) is 14.8. The molecule has 7 rings (SSSR count). The van der Waals surface area contributed by atoms with Crippen molar-refractivity contribution in [3.8, 4) is 22.9 Å². The fourth-order valence-corrected chi connectivity index (χ4v) is 5.93. The van der Waals surface area contributed by atoms with Gasteiger partial charge < -0.3 is 11.0 Å². The van der Waals surface area contributed by atoms with Crippen LogP contribution in [0, 0.1) is 18.3 Å². The number of nitriles is 1. The average Bonchev–Trinajstić information content (AvgIpc) is 3.33. The normalized spacial score (nSPS) is 11.3. The zero-order chi connectivity index (χ0) is 33.5. The van der Waals surface area contributed by atoms with Crippen LogP contribution in [0.15, 0.2) is 119 Å². The second-order valence-corrected chi connectivity index (χ2v) is 13.3. The summed E-state index contributed by atoms with van der Waals surface area (Å²) >= 11 is 0. The highest BCUT2D eigenvalue weighted by molar-refractivity contribution is 7.85. The van der Waals surface area contributed by atoms with Crippen LogP contribution < -0.4 is 5.69 Å². The Morgan fingerprint density at radius 1 is 0.816 bits per heavy atom. The van der Waals surface area contributed by atoms with Crippen LogP contribution in [-0.4, -0.2) is 43.0 Å². The summed E-state index contributed by atoms with van der Waals surface area (Å²) in [4.78, 5) is 22.6. The lowest BCUT2D eigenvalue weighted by molar-refractivity contribution is 0.483. The van der Waals surface area contributed by atoms with Crippen LogP contribution >= 0.6 is 0 Å². The highest BCUT2D eigenvalue weighted by Gasteiger charge is 2.21. The molecule has 0 spiro atoms. The number of aromatic nitrogens is 4. The number of fused-ring (bicyclic) bond motifs is 4. The molecule has 11 nitrogen and oxygen atoms in total. The summed E-state index contributed by atoms with van der Waals surface area (Å²) in [6.45, 7) is 5.61. The quantitative estimate of drug-likeness (QED) is 0.238. The summed E-state index contributed by atoms with van der Waals surface area (Å²) in [7, 11) is -2.26. The van der Waals surface area contributed by atoms with E-state index in [-0.39, 0.29) is 21.5 Å². The lowest BCUT2D eigenvalue weighted by Gasteiger charge is -2.16. The molecule has 0 aliphatic rings. The Morgan fingerprint density at radius 3 is 2.12 bits per heavy atom. The summed E-state index contributed by atoms with van der Waals surface area (Å²) in [6.07, 6.45) is 3.63. The maximum Gasteiger partial charge on any atom is 0.333 e. The number of imidazole rings is 1. The van der Waals surface area contributed by atoms with Gasteiger partial charge in [0.25, 0.3) is 10.1 Å². The van der Waals surface area contributed by atoms with Crippen molar-refractivity contribution in [2.75, 3.05) is 0 Å². The van der Waals surface area contributed by atoms with Gasteiger partial charge in [0.15, 0.2) is 0 Å². The summed E-state index contributed by atoms with van der Waals surface area (Å²) in [5, 5.41) is 11.5. The second kappa shape index (κ2) is 13.8. The van der Waals surface area contributed by atoms with Crippen molar-refractivity contribution in [1.82, 2.24) is 19.1 Å². The van der Waals surface area contributed by atoms with E-state index < -0.39 is 15.5 Å². The molecular formula is C37H35N5O6S. The fraction of sp³-hybridized carbons (Fsp3) is 0.135. The van der Waals surface area contributed by atoms with E-state index in [1.165, 1.54) is 12.1 Å². The minimum Gasteiger partial charge on any atom is -0.412 e. The van der Waals surface area contributed by atoms with Gasteiger partial charge in [-0.25, -0.2) is 4.79 Å². The van der Waals surface area contributed by atoms with E-state index in [1.54, 1.807) is 34.5 Å². The van der Waals surface area contributed by atoms with Crippen LogP contribution in [0.2, 0.25) is 0 Å². The molecule has 0 aliphatic carbocycles. The Balaban J connectivity index is 0.000000358. The maximum absolute atomic E-state index is 13.4. The van der Waals surface area contributed by atoms with Gasteiger partial charge in [0.1, 0.15) is 0 Å². The first-order valence-corrected chi connectivity index (χ1v) is 16.2. The molecule has 0 amide bonds. The van der Waals surface area contributed by atoms with Gasteiger partial charge in [-0.15, -0.1) is 0 Å². The molecule has 7 aromatic rings. The minimum absolute atomic E-state index is 0. The van der Waals surface area contributed by atoms with Crippen molar-refractivity contribution in [3.05, 3.63) is 131 Å². The van der Waals surface area contributed by atoms with Gasteiger partial charge in [-0.05, 0) is 80.4 Å². The van der Waals surface area contributed by atoms with E-state index in [9.17, 15) is 18.5 Å². The van der Waals surface area contributed by atoms with E-state index in [1.807, 2.05) is 81.6 Å². The van der Waals surface area contributed by atoms with Gasteiger partial charge >= 0.3 is 5.69 Å². The van der Waals surface area contributed by atoms with Crippen molar-refractivity contribution in [1.29, 1.82) is 5.26 Å². The fourth-order valence-electron chi connectivity index (χ4n) is 5.45. The van der Waals surface area contributed by atoms with E-state index in [0.717, 1.165) is 60.8 Å². The number of pyridine rings is 2. The van der Waals surface area contributed by atoms with Crippen molar-refractivity contribution in [2.45, 2.75) is 31.1 Å². The van der Waals surface area contributed by atoms with Crippen molar-refractivity contribution >= 4 is 43.0 Å². The number of rotatable bonds is 4. The molecule has 3 aromatic heterocycles. The van der Waals surface area contributed by atoms with Crippen LogP contribution in [0.1, 0.15) is 25.0 Å². The van der Waals surface area contributed by atoms with Gasteiger partial charge in [0.05, 0.1) is 50.3 Å². The molecule has 49 heavy (non-hydrogen) atoms. The molecule has 0 radical (unpaired) electrons. The number of hydrogen-bond acceptors (Lipinski definition) is 6. The third-order valence-electron chi connectivity index (χ3n) is 8.25. The minimum atomic E-state index is -4.02. The molecular weight excluding hydrogens is 643 g/mol. The number of aryl methyl sites for hydroxylation is 2. The lowest BCUT2D eigenvalue weighted by Crippen LogP contribution is -2.21. The number of nitrogens with zero attached hydrogens (tertiary/aromatic N) is 5. The molecule has 0 bridgehead atoms. The maximum atomic E-state index is 13.4. The van der Waals surface area contributed by atoms with Crippen LogP contribution in [0.4, 0.5) is 0 Å². The molecule has 5 N–H and O–H groups in total. The van der Waals surface area contributed by atoms with Crippen LogP contribution in [0.3, 0.4) is 0 Å². The Kier molecular flexibility index (Phi) is 10.2. The SMILES string of the molecule is Cc1ccc(S(=O)(=O)O)cc1.Cn1c(=O)n(-c2ccc(C(C)(C)C#N)cc2)c2c3cc(-c4cnc5ccccc5c4)ccc3ncc21.O.O. The summed E-state index contributed by atoms with van der Waals surface area (Å²) in [5.74, 6) is 0. The Morgan fingerprint density at radius 2 is 1.47 bits per heavy atom. The summed E-state index contributed by atoms with van der Waals surface area (Å²) < 4.78 is 32.9. The summed E-state index contributed by atoms with van der Waals surface area (Å²) in [6, 6.07) is 32.2. The smallest absolute Gasteiger partial charge is 0.333 e. The molecule has 0 atom stereocenters. The molecule has 12 heteroatoms. The molecule has 0 saturated carbocycles. The average molecular weight is 678 g/mol. The van der Waals surface area contributed by atoms with E-state index in [2.05, 4.69) is 34.2 Å². The van der Waals surface area contributed by atoms with Crippen LogP contribution in [0.5, 0.6) is 0 Å². The van der Waals surface area contributed by atoms with Gasteiger partial charge in [-0.2, -0.15) is 13.7 Å². The van der Waals surface area contributed by atoms with E-state index in [4.69, 9.17) is 4.55 Å². The van der Waals surface area contributed by atoms with Gasteiger partial charge in [0, 0.05) is 29.6 Å². The molecule has 4 aromatic carbocycles. The van der Waals surface area contributed by atoms with Crippen molar-refractivity contribution in [2.24, 2.45) is 7.05 Å². The first-order chi connectivity index (χ1) is 22.4. The largest absolute Gasteiger partial charge is 0.412 e. The monoisotopic (exact) mass is 677 g/mol. The lowest BCUT2D eigenvalue weighted by atomic mass is 9.86. The molecule has 0 aliphatic heterocycles. The molecule has 0 saturated heterocycles. The Bertz CT molecular complexity index is 2520. The number of hydrogen-bond donors (Lipinski definition) is 1. The van der Waals surface area contributed by atoms with Crippen LogP contribution in [0.25, 0.3) is 49.7 Å². The third kappa shape index (κ3) is 6.96. The predicted octanol–water partition coefficient (Wildman–Crippen LogP) is 5.49.